The van der Waals surface area contributed by atoms with Gasteiger partial charge >= 0.3 is 0 Å². The average molecular weight is 310 g/mol. The number of benzene rings is 1. The quantitative estimate of drug-likeness (QED) is 0.863. The molecule has 2 aromatic rings. The zero-order valence-corrected chi connectivity index (χ0v) is 13.3. The topological polar surface area (TPSA) is 37.8 Å². The van der Waals surface area contributed by atoms with Crippen LogP contribution in [0, 0.1) is 0 Å². The van der Waals surface area contributed by atoms with Gasteiger partial charge < -0.3 is 5.32 Å². The molecule has 1 heterocycles. The van der Waals surface area contributed by atoms with Gasteiger partial charge in [-0.25, -0.2) is 9.97 Å². The normalized spacial score (nSPS) is 10.9. The number of hydrogen-bond acceptors (Lipinski definition) is 3. The van der Waals surface area contributed by atoms with Crippen LogP contribution in [0.25, 0.3) is 11.4 Å². The van der Waals surface area contributed by atoms with Gasteiger partial charge in [-0.1, -0.05) is 43.1 Å². The Morgan fingerprint density at radius 3 is 2.35 bits per heavy atom. The van der Waals surface area contributed by atoms with E-state index in [-0.39, 0.29) is 0 Å². The highest BCUT2D eigenvalue weighted by molar-refractivity contribution is 6.38. The van der Waals surface area contributed by atoms with Crippen molar-refractivity contribution in [2.24, 2.45) is 0 Å². The summed E-state index contributed by atoms with van der Waals surface area (Å²) in [6, 6.07) is 7.36. The van der Waals surface area contributed by atoms with E-state index >= 15 is 0 Å². The second-order valence-corrected chi connectivity index (χ2v) is 5.60. The molecular formula is C15H17Cl2N3. The molecule has 0 atom stereocenters. The van der Waals surface area contributed by atoms with Crippen molar-refractivity contribution >= 4 is 29.0 Å². The van der Waals surface area contributed by atoms with Crippen molar-refractivity contribution in [1.29, 1.82) is 0 Å². The summed E-state index contributed by atoms with van der Waals surface area (Å²) in [5, 5.41) is 4.33. The number of rotatable bonds is 4. The van der Waals surface area contributed by atoms with Gasteiger partial charge in [0, 0.05) is 18.3 Å². The lowest BCUT2D eigenvalue weighted by atomic mass is 10.1. The van der Waals surface area contributed by atoms with Gasteiger partial charge in [0.2, 0.25) is 0 Å². The maximum Gasteiger partial charge on any atom is 0.164 e. The van der Waals surface area contributed by atoms with Gasteiger partial charge in [0.15, 0.2) is 5.82 Å². The second kappa shape index (κ2) is 6.42. The summed E-state index contributed by atoms with van der Waals surface area (Å²) in [6.07, 6.45) is 0. The summed E-state index contributed by atoms with van der Waals surface area (Å²) in [5.74, 6) is 1.65. The van der Waals surface area contributed by atoms with Crippen molar-refractivity contribution in [3.63, 3.8) is 0 Å². The molecular weight excluding hydrogens is 293 g/mol. The molecule has 0 radical (unpaired) electrons. The lowest BCUT2D eigenvalue weighted by Crippen LogP contribution is -2.05. The molecule has 3 nitrogen and oxygen atoms in total. The van der Waals surface area contributed by atoms with E-state index in [4.69, 9.17) is 23.2 Å². The maximum absolute atomic E-state index is 6.24. The summed E-state index contributed by atoms with van der Waals surface area (Å²) in [7, 11) is 0. The molecule has 0 saturated carbocycles. The smallest absolute Gasteiger partial charge is 0.164 e. The third kappa shape index (κ3) is 3.22. The van der Waals surface area contributed by atoms with Crippen LogP contribution in [0.15, 0.2) is 24.3 Å². The van der Waals surface area contributed by atoms with Gasteiger partial charge in [-0.15, -0.1) is 0 Å². The van der Waals surface area contributed by atoms with E-state index in [0.29, 0.717) is 27.4 Å². The fourth-order valence-electron chi connectivity index (χ4n) is 1.86. The molecule has 0 spiro atoms. The maximum atomic E-state index is 6.24. The molecule has 106 valence electrons. The van der Waals surface area contributed by atoms with E-state index in [1.54, 1.807) is 12.1 Å². The van der Waals surface area contributed by atoms with Crippen molar-refractivity contribution in [3.8, 4) is 11.4 Å². The first kappa shape index (κ1) is 15.1. The number of nitrogens with one attached hydrogen (secondary N) is 1. The van der Waals surface area contributed by atoms with E-state index in [9.17, 15) is 0 Å². The summed E-state index contributed by atoms with van der Waals surface area (Å²) in [6.45, 7) is 7.01. The van der Waals surface area contributed by atoms with Crippen molar-refractivity contribution in [2.45, 2.75) is 26.7 Å². The largest absolute Gasteiger partial charge is 0.370 e. The number of hydrogen-bond donors (Lipinski definition) is 1. The molecule has 20 heavy (non-hydrogen) atoms. The third-order valence-electron chi connectivity index (χ3n) is 2.88. The molecule has 2 rings (SSSR count). The van der Waals surface area contributed by atoms with Crippen LogP contribution in [-0.4, -0.2) is 16.5 Å². The third-order valence-corrected chi connectivity index (χ3v) is 3.51. The Balaban J connectivity index is 2.61. The molecule has 0 unspecified atom stereocenters. The van der Waals surface area contributed by atoms with Crippen LogP contribution in [-0.2, 0) is 0 Å². The molecule has 1 aromatic carbocycles. The minimum atomic E-state index is 0.301. The fourth-order valence-corrected chi connectivity index (χ4v) is 2.42. The van der Waals surface area contributed by atoms with Crippen molar-refractivity contribution in [3.05, 3.63) is 40.0 Å². The van der Waals surface area contributed by atoms with E-state index in [0.717, 1.165) is 18.1 Å². The molecule has 1 aromatic heterocycles. The predicted molar refractivity (Wildman–Crippen MR) is 85.7 cm³/mol. The van der Waals surface area contributed by atoms with Crippen molar-refractivity contribution in [2.75, 3.05) is 11.9 Å². The average Bonchev–Trinajstić information content (AvgIpc) is 2.38. The van der Waals surface area contributed by atoms with E-state index in [1.807, 2.05) is 19.1 Å². The molecule has 0 aliphatic rings. The highest BCUT2D eigenvalue weighted by atomic mass is 35.5. The van der Waals surface area contributed by atoms with Gasteiger partial charge in [0.1, 0.15) is 5.82 Å². The molecule has 0 bridgehead atoms. The van der Waals surface area contributed by atoms with Gasteiger partial charge in [0.05, 0.1) is 15.6 Å². The molecule has 1 N–H and O–H groups in total. The second-order valence-electron chi connectivity index (χ2n) is 4.78. The minimum Gasteiger partial charge on any atom is -0.370 e. The molecule has 0 fully saturated rings. The van der Waals surface area contributed by atoms with E-state index in [2.05, 4.69) is 29.1 Å². The first-order valence-electron chi connectivity index (χ1n) is 6.60. The summed E-state index contributed by atoms with van der Waals surface area (Å²) in [4.78, 5) is 9.09. The predicted octanol–water partition coefficient (Wildman–Crippen LogP) is 5.01. The van der Waals surface area contributed by atoms with Gasteiger partial charge in [-0.2, -0.15) is 0 Å². The molecule has 0 aliphatic heterocycles. The number of aromatic nitrogens is 2. The van der Waals surface area contributed by atoms with Gasteiger partial charge in [-0.3, -0.25) is 0 Å². The standard InChI is InChI=1S/C15H17Cl2N3/c1-4-18-13-8-12(9(2)3)19-15(20-13)14-10(16)6-5-7-11(14)17/h5-9H,4H2,1-3H3,(H,18,19,20). The zero-order valence-electron chi connectivity index (χ0n) is 11.7. The number of nitrogens with zero attached hydrogens (tertiary/aromatic N) is 2. The van der Waals surface area contributed by atoms with Crippen LogP contribution in [0.5, 0.6) is 0 Å². The van der Waals surface area contributed by atoms with Gasteiger partial charge in [0.25, 0.3) is 0 Å². The Kier molecular flexibility index (Phi) is 4.84. The lowest BCUT2D eigenvalue weighted by molar-refractivity contribution is 0.817. The molecule has 0 saturated heterocycles. The SMILES string of the molecule is CCNc1cc(C(C)C)nc(-c2c(Cl)cccc2Cl)n1. The van der Waals surface area contributed by atoms with Crippen LogP contribution in [0.1, 0.15) is 32.4 Å². The van der Waals surface area contributed by atoms with Crippen LogP contribution in [0.4, 0.5) is 5.82 Å². The lowest BCUT2D eigenvalue weighted by Gasteiger charge is -2.12. The number of halogens is 2. The monoisotopic (exact) mass is 309 g/mol. The zero-order chi connectivity index (χ0) is 14.7. The van der Waals surface area contributed by atoms with Crippen LogP contribution >= 0.6 is 23.2 Å². The Morgan fingerprint density at radius 2 is 1.80 bits per heavy atom. The molecule has 5 heteroatoms. The Bertz CT molecular complexity index is 592. The van der Waals surface area contributed by atoms with Crippen LogP contribution in [0.2, 0.25) is 10.0 Å². The molecule has 0 aliphatic carbocycles. The first-order valence-corrected chi connectivity index (χ1v) is 7.35. The van der Waals surface area contributed by atoms with E-state index < -0.39 is 0 Å². The first-order chi connectivity index (χ1) is 9.52. The summed E-state index contributed by atoms with van der Waals surface area (Å²) in [5.41, 5.74) is 1.64. The highest BCUT2D eigenvalue weighted by Crippen LogP contribution is 2.33. The summed E-state index contributed by atoms with van der Waals surface area (Å²) < 4.78 is 0. The highest BCUT2D eigenvalue weighted by Gasteiger charge is 2.14. The Hall–Kier alpha value is -1.32. The minimum absolute atomic E-state index is 0.301. The fraction of sp³-hybridized carbons (Fsp3) is 0.333. The summed E-state index contributed by atoms with van der Waals surface area (Å²) >= 11 is 12.5. The van der Waals surface area contributed by atoms with Crippen molar-refractivity contribution < 1.29 is 0 Å². The van der Waals surface area contributed by atoms with E-state index in [1.165, 1.54) is 0 Å². The molecule has 0 amide bonds. The van der Waals surface area contributed by atoms with Gasteiger partial charge in [-0.05, 0) is 25.0 Å². The van der Waals surface area contributed by atoms with Crippen molar-refractivity contribution in [1.82, 2.24) is 9.97 Å². The van der Waals surface area contributed by atoms with Crippen LogP contribution in [0.3, 0.4) is 0 Å². The number of anilines is 1. The Morgan fingerprint density at radius 1 is 1.15 bits per heavy atom. The Labute approximate surface area is 129 Å². The van der Waals surface area contributed by atoms with Crippen LogP contribution < -0.4 is 5.32 Å².